The third kappa shape index (κ3) is 4.10. The van der Waals surface area contributed by atoms with Crippen LogP contribution in [0.3, 0.4) is 0 Å². The van der Waals surface area contributed by atoms with Crippen molar-refractivity contribution >= 4 is 13.6 Å². The lowest BCUT2D eigenvalue weighted by atomic mass is 9.97. The zero-order valence-corrected chi connectivity index (χ0v) is 14.9. The van der Waals surface area contributed by atoms with E-state index >= 15 is 0 Å². The molecule has 0 atom stereocenters. The normalized spacial score (nSPS) is 18.5. The Bertz CT molecular complexity index is 817. The summed E-state index contributed by atoms with van der Waals surface area (Å²) in [6.45, 7) is 4.32. The maximum atomic E-state index is 12.4. The number of rotatable bonds is 4. The number of phosphoric acid groups is 1. The standard InChI is InChI=1S/C18H19O6P/c1-18(2)11-22-25(21,23-12-18)24-14-8-9-15(16(19)10-14)17(20)13-6-4-3-5-7-13/h3-10,19H,11-12H2,1-2H3. The average Bonchev–Trinajstić information content (AvgIpc) is 2.58. The second-order valence-electron chi connectivity index (χ2n) is 6.62. The van der Waals surface area contributed by atoms with Gasteiger partial charge in [-0.05, 0) is 12.1 Å². The van der Waals surface area contributed by atoms with Crippen molar-refractivity contribution in [3.05, 3.63) is 59.7 Å². The predicted molar refractivity (Wildman–Crippen MR) is 91.9 cm³/mol. The van der Waals surface area contributed by atoms with Crippen LogP contribution in [0.5, 0.6) is 11.5 Å². The van der Waals surface area contributed by atoms with E-state index in [1.54, 1.807) is 30.3 Å². The van der Waals surface area contributed by atoms with Crippen LogP contribution in [0.2, 0.25) is 0 Å². The molecule has 25 heavy (non-hydrogen) atoms. The van der Waals surface area contributed by atoms with Crippen molar-refractivity contribution in [3.8, 4) is 11.5 Å². The largest absolute Gasteiger partial charge is 0.530 e. The Kier molecular flexibility index (Phi) is 4.69. The van der Waals surface area contributed by atoms with E-state index < -0.39 is 7.82 Å². The van der Waals surface area contributed by atoms with E-state index in [2.05, 4.69) is 0 Å². The van der Waals surface area contributed by atoms with E-state index in [0.717, 1.165) is 0 Å². The van der Waals surface area contributed by atoms with Gasteiger partial charge < -0.3 is 9.63 Å². The summed E-state index contributed by atoms with van der Waals surface area (Å²) in [7, 11) is -3.73. The molecule has 2 aromatic carbocycles. The van der Waals surface area contributed by atoms with Crippen LogP contribution >= 0.6 is 7.82 Å². The molecule has 0 spiro atoms. The Hall–Kier alpha value is -2.14. The molecule has 2 aromatic rings. The van der Waals surface area contributed by atoms with E-state index in [0.29, 0.717) is 5.56 Å². The first-order chi connectivity index (χ1) is 11.8. The number of phenolic OH excluding ortho intramolecular Hbond substituents is 1. The van der Waals surface area contributed by atoms with Crippen molar-refractivity contribution in [2.45, 2.75) is 13.8 Å². The highest BCUT2D eigenvalue weighted by atomic mass is 31.2. The molecule has 3 rings (SSSR count). The number of carbonyl (C=O) groups excluding carboxylic acids is 1. The molecule has 1 aliphatic rings. The molecule has 132 valence electrons. The third-order valence-electron chi connectivity index (χ3n) is 3.69. The van der Waals surface area contributed by atoms with Crippen molar-refractivity contribution in [2.75, 3.05) is 13.2 Å². The summed E-state index contributed by atoms with van der Waals surface area (Å²) in [5, 5.41) is 10.1. The molecule has 0 aliphatic carbocycles. The molecule has 1 N–H and O–H groups in total. The molecule has 0 unspecified atom stereocenters. The summed E-state index contributed by atoms with van der Waals surface area (Å²) in [4.78, 5) is 12.4. The van der Waals surface area contributed by atoms with Crippen LogP contribution in [-0.4, -0.2) is 24.1 Å². The van der Waals surface area contributed by atoms with Gasteiger partial charge in [0.05, 0.1) is 18.8 Å². The minimum Gasteiger partial charge on any atom is -0.507 e. The number of phenols is 1. The van der Waals surface area contributed by atoms with Gasteiger partial charge in [-0.15, -0.1) is 0 Å². The quantitative estimate of drug-likeness (QED) is 0.649. The zero-order chi connectivity index (χ0) is 18.1. The number of carbonyl (C=O) groups is 1. The van der Waals surface area contributed by atoms with E-state index in [1.807, 2.05) is 13.8 Å². The summed E-state index contributed by atoms with van der Waals surface area (Å²) >= 11 is 0. The van der Waals surface area contributed by atoms with Crippen molar-refractivity contribution in [2.24, 2.45) is 5.41 Å². The molecule has 0 saturated carbocycles. The highest BCUT2D eigenvalue weighted by Crippen LogP contribution is 2.54. The Morgan fingerprint density at radius 3 is 2.36 bits per heavy atom. The second kappa shape index (κ2) is 6.64. The molecule has 0 bridgehead atoms. The topological polar surface area (TPSA) is 82.1 Å². The van der Waals surface area contributed by atoms with Crippen LogP contribution in [-0.2, 0) is 13.6 Å². The molecule has 0 amide bonds. The smallest absolute Gasteiger partial charge is 0.507 e. The molecule has 0 radical (unpaired) electrons. The van der Waals surface area contributed by atoms with Crippen LogP contribution in [0.15, 0.2) is 48.5 Å². The first-order valence-corrected chi connectivity index (χ1v) is 9.26. The van der Waals surface area contributed by atoms with Crippen LogP contribution in [0.25, 0.3) is 0 Å². The van der Waals surface area contributed by atoms with Crippen LogP contribution in [0, 0.1) is 5.41 Å². The van der Waals surface area contributed by atoms with Gasteiger partial charge in [-0.2, -0.15) is 0 Å². The molecule has 1 aliphatic heterocycles. The molecule has 7 heteroatoms. The number of phosphoric ester groups is 1. The predicted octanol–water partition coefficient (Wildman–Crippen LogP) is 4.18. The number of ketones is 1. The first-order valence-electron chi connectivity index (χ1n) is 7.80. The van der Waals surface area contributed by atoms with Crippen molar-refractivity contribution in [1.82, 2.24) is 0 Å². The highest BCUT2D eigenvalue weighted by molar-refractivity contribution is 7.49. The van der Waals surface area contributed by atoms with Gasteiger partial charge >= 0.3 is 7.82 Å². The van der Waals surface area contributed by atoms with E-state index in [-0.39, 0.29) is 41.5 Å². The van der Waals surface area contributed by atoms with Gasteiger partial charge in [-0.25, -0.2) is 4.57 Å². The number of hydrogen-bond acceptors (Lipinski definition) is 6. The summed E-state index contributed by atoms with van der Waals surface area (Å²) in [6.07, 6.45) is 0. The van der Waals surface area contributed by atoms with Gasteiger partial charge in [0.25, 0.3) is 0 Å². The first kappa shape index (κ1) is 17.7. The fourth-order valence-corrected chi connectivity index (χ4v) is 3.84. The maximum Gasteiger partial charge on any atom is 0.530 e. The van der Waals surface area contributed by atoms with E-state index in [1.165, 1.54) is 18.2 Å². The minimum absolute atomic E-state index is 0.102. The molecule has 0 aromatic heterocycles. The summed E-state index contributed by atoms with van der Waals surface area (Å²) < 4.78 is 28.2. The van der Waals surface area contributed by atoms with Crippen LogP contribution in [0.1, 0.15) is 29.8 Å². The molecule has 1 saturated heterocycles. The van der Waals surface area contributed by atoms with Gasteiger partial charge in [0.1, 0.15) is 11.5 Å². The third-order valence-corrected chi connectivity index (χ3v) is 5.02. The monoisotopic (exact) mass is 362 g/mol. The lowest BCUT2D eigenvalue weighted by Gasteiger charge is -2.32. The fourth-order valence-electron chi connectivity index (χ4n) is 2.27. The van der Waals surface area contributed by atoms with Crippen molar-refractivity contribution in [3.63, 3.8) is 0 Å². The van der Waals surface area contributed by atoms with Crippen molar-refractivity contribution < 1.29 is 28.0 Å². The number of benzene rings is 2. The zero-order valence-electron chi connectivity index (χ0n) is 14.0. The molecule has 1 heterocycles. The summed E-state index contributed by atoms with van der Waals surface area (Å²) in [5.74, 6) is -0.483. The SMILES string of the molecule is CC1(C)COP(=O)(Oc2ccc(C(=O)c3ccccc3)c(O)c2)OC1. The molecular weight excluding hydrogens is 343 g/mol. The van der Waals surface area contributed by atoms with Gasteiger partial charge in [-0.1, -0.05) is 44.2 Å². The molecule has 6 nitrogen and oxygen atoms in total. The van der Waals surface area contributed by atoms with Gasteiger partial charge in [0, 0.05) is 17.0 Å². The summed E-state index contributed by atoms with van der Waals surface area (Å²) in [5.41, 5.74) is 0.342. The highest BCUT2D eigenvalue weighted by Gasteiger charge is 2.39. The van der Waals surface area contributed by atoms with Gasteiger partial charge in [-0.3, -0.25) is 13.8 Å². The maximum absolute atomic E-state index is 12.4. The Morgan fingerprint density at radius 2 is 1.76 bits per heavy atom. The van der Waals surface area contributed by atoms with Gasteiger partial charge in [0.2, 0.25) is 0 Å². The Balaban J connectivity index is 1.77. The van der Waals surface area contributed by atoms with E-state index in [9.17, 15) is 14.5 Å². The minimum atomic E-state index is -3.73. The molecule has 1 fully saturated rings. The van der Waals surface area contributed by atoms with Crippen LogP contribution in [0.4, 0.5) is 0 Å². The Labute approximate surface area is 146 Å². The lowest BCUT2D eigenvalue weighted by Crippen LogP contribution is -2.30. The Morgan fingerprint density at radius 1 is 1.12 bits per heavy atom. The summed E-state index contributed by atoms with van der Waals surface area (Å²) in [6, 6.07) is 12.7. The fraction of sp³-hybridized carbons (Fsp3) is 0.278. The van der Waals surface area contributed by atoms with E-state index in [4.69, 9.17) is 13.6 Å². The second-order valence-corrected chi connectivity index (χ2v) is 8.22. The van der Waals surface area contributed by atoms with Crippen molar-refractivity contribution in [1.29, 1.82) is 0 Å². The van der Waals surface area contributed by atoms with Crippen LogP contribution < -0.4 is 4.52 Å². The number of aromatic hydroxyl groups is 1. The average molecular weight is 362 g/mol. The number of hydrogen-bond donors (Lipinski definition) is 1. The molecular formula is C18H19O6P. The lowest BCUT2D eigenvalue weighted by molar-refractivity contribution is 0.0181. The van der Waals surface area contributed by atoms with Gasteiger partial charge in [0.15, 0.2) is 5.78 Å².